The average Bonchev–Trinajstić information content (AvgIpc) is 2.74. The summed E-state index contributed by atoms with van der Waals surface area (Å²) in [6, 6.07) is 0.714. The molecule has 0 aliphatic rings. The zero-order valence-corrected chi connectivity index (χ0v) is 21.8. The van der Waals surface area contributed by atoms with Gasteiger partial charge in [-0.15, -0.1) is 0 Å². The van der Waals surface area contributed by atoms with Crippen LogP contribution in [-0.4, -0.2) is 18.0 Å². The Labute approximate surface area is 192 Å². The quantitative estimate of drug-likeness (QED) is 0.140. The van der Waals surface area contributed by atoms with Crippen LogP contribution < -0.4 is 0 Å². The van der Waals surface area contributed by atoms with E-state index in [9.17, 15) is 0 Å². The number of allylic oxidation sites excluding steroid dienone is 1. The average molecular weight is 422 g/mol. The molecular formula is C29H59N. The summed E-state index contributed by atoms with van der Waals surface area (Å²) >= 11 is 0. The van der Waals surface area contributed by atoms with Crippen molar-refractivity contribution in [1.82, 2.24) is 4.90 Å². The molecule has 0 fully saturated rings. The molecule has 0 aliphatic heterocycles. The predicted octanol–water partition coefficient (Wildman–Crippen LogP) is 10.4. The van der Waals surface area contributed by atoms with Crippen molar-refractivity contribution in [3.8, 4) is 0 Å². The molecule has 0 aromatic heterocycles. The zero-order valence-electron chi connectivity index (χ0n) is 21.8. The summed E-state index contributed by atoms with van der Waals surface area (Å²) in [4.78, 5) is 2.46. The van der Waals surface area contributed by atoms with E-state index in [2.05, 4.69) is 39.3 Å². The molecule has 0 aromatic rings. The number of hydrogen-bond acceptors (Lipinski definition) is 1. The third-order valence-electron chi connectivity index (χ3n) is 6.93. The molecule has 0 saturated heterocycles. The van der Waals surface area contributed by atoms with Gasteiger partial charge in [-0.05, 0) is 19.8 Å². The monoisotopic (exact) mass is 421 g/mol. The van der Waals surface area contributed by atoms with Gasteiger partial charge in [0.15, 0.2) is 0 Å². The number of nitrogens with zero attached hydrogens (tertiary/aromatic N) is 1. The maximum atomic E-state index is 4.20. The third-order valence-corrected chi connectivity index (χ3v) is 6.93. The molecule has 180 valence electrons. The molecule has 30 heavy (non-hydrogen) atoms. The van der Waals surface area contributed by atoms with Crippen LogP contribution in [0.5, 0.6) is 0 Å². The maximum absolute atomic E-state index is 4.20. The van der Waals surface area contributed by atoms with E-state index in [-0.39, 0.29) is 0 Å². The minimum atomic E-state index is 0.714. The van der Waals surface area contributed by atoms with E-state index in [1.54, 1.807) is 0 Å². The fraction of sp³-hybridized carbons (Fsp3) is 0.931. The second-order valence-electron chi connectivity index (χ2n) is 9.94. The van der Waals surface area contributed by atoms with E-state index in [4.69, 9.17) is 0 Å². The first-order valence-corrected chi connectivity index (χ1v) is 14.0. The molecule has 0 N–H and O–H groups in total. The second-order valence-corrected chi connectivity index (χ2v) is 9.94. The summed E-state index contributed by atoms with van der Waals surface area (Å²) in [5, 5.41) is 0. The van der Waals surface area contributed by atoms with E-state index in [1.165, 1.54) is 147 Å². The Kier molecular flexibility index (Phi) is 22.9. The fourth-order valence-corrected chi connectivity index (χ4v) is 4.58. The van der Waals surface area contributed by atoms with Crippen molar-refractivity contribution in [2.75, 3.05) is 7.05 Å². The molecule has 0 radical (unpaired) electrons. The fourth-order valence-electron chi connectivity index (χ4n) is 4.58. The van der Waals surface area contributed by atoms with E-state index in [0.29, 0.717) is 6.04 Å². The molecule has 1 heteroatoms. The third kappa shape index (κ3) is 19.5. The van der Waals surface area contributed by atoms with Crippen LogP contribution in [-0.2, 0) is 0 Å². The molecule has 1 nitrogen and oxygen atoms in total. The van der Waals surface area contributed by atoms with Gasteiger partial charge in [-0.2, -0.15) is 0 Å². The Morgan fingerprint density at radius 2 is 0.800 bits per heavy atom. The SMILES string of the molecule is C=C(C)N(C)C(CCCCCCCCCCCC)CCCCCCCCCCCC. The van der Waals surface area contributed by atoms with Crippen molar-refractivity contribution in [3.05, 3.63) is 12.3 Å². The van der Waals surface area contributed by atoms with E-state index in [0.717, 1.165) is 0 Å². The Morgan fingerprint density at radius 1 is 0.533 bits per heavy atom. The van der Waals surface area contributed by atoms with Gasteiger partial charge in [-0.3, -0.25) is 0 Å². The largest absolute Gasteiger partial charge is 0.376 e. The first kappa shape index (κ1) is 29.5. The minimum Gasteiger partial charge on any atom is -0.376 e. The lowest BCUT2D eigenvalue weighted by Gasteiger charge is -2.30. The van der Waals surface area contributed by atoms with Gasteiger partial charge < -0.3 is 4.90 Å². The van der Waals surface area contributed by atoms with Crippen LogP contribution in [0.2, 0.25) is 0 Å². The van der Waals surface area contributed by atoms with Crippen LogP contribution in [0.1, 0.15) is 162 Å². The van der Waals surface area contributed by atoms with Gasteiger partial charge in [-0.25, -0.2) is 0 Å². The summed E-state index contributed by atoms with van der Waals surface area (Å²) < 4.78 is 0. The summed E-state index contributed by atoms with van der Waals surface area (Å²) in [7, 11) is 2.26. The lowest BCUT2D eigenvalue weighted by Crippen LogP contribution is -2.29. The normalized spacial score (nSPS) is 11.4. The number of unbranched alkanes of at least 4 members (excludes halogenated alkanes) is 18. The van der Waals surface area contributed by atoms with E-state index in [1.807, 2.05) is 0 Å². The highest BCUT2D eigenvalue weighted by atomic mass is 15.1. The van der Waals surface area contributed by atoms with Gasteiger partial charge >= 0.3 is 0 Å². The van der Waals surface area contributed by atoms with Gasteiger partial charge in [0.1, 0.15) is 0 Å². The summed E-state index contributed by atoms with van der Waals surface area (Å²) in [6.45, 7) is 11.0. The van der Waals surface area contributed by atoms with E-state index >= 15 is 0 Å². The lowest BCUT2D eigenvalue weighted by atomic mass is 9.98. The van der Waals surface area contributed by atoms with Gasteiger partial charge in [0.25, 0.3) is 0 Å². The standard InChI is InChI=1S/C29H59N/c1-6-8-10-12-14-16-18-20-22-24-26-29(30(5)28(3)4)27-25-23-21-19-17-15-13-11-9-7-2/h29H,3,6-27H2,1-2,4-5H3. The Bertz CT molecular complexity index is 324. The first-order chi connectivity index (χ1) is 14.6. The smallest absolute Gasteiger partial charge is 0.0283 e. The molecular weight excluding hydrogens is 362 g/mol. The minimum absolute atomic E-state index is 0.714. The highest BCUT2D eigenvalue weighted by Gasteiger charge is 2.13. The van der Waals surface area contributed by atoms with Crippen molar-refractivity contribution in [3.63, 3.8) is 0 Å². The van der Waals surface area contributed by atoms with Crippen LogP contribution in [0.25, 0.3) is 0 Å². The molecule has 0 saturated carbocycles. The molecule has 0 aromatic carbocycles. The van der Waals surface area contributed by atoms with Crippen molar-refractivity contribution in [2.24, 2.45) is 0 Å². The Hall–Kier alpha value is -0.460. The summed E-state index contributed by atoms with van der Waals surface area (Å²) in [6.07, 6.45) is 31.4. The predicted molar refractivity (Wildman–Crippen MR) is 139 cm³/mol. The van der Waals surface area contributed by atoms with Gasteiger partial charge in [0.2, 0.25) is 0 Å². The maximum Gasteiger partial charge on any atom is 0.0283 e. The molecule has 0 amide bonds. The highest BCUT2D eigenvalue weighted by molar-refractivity contribution is 4.90. The molecule has 0 unspecified atom stereocenters. The van der Waals surface area contributed by atoms with Crippen molar-refractivity contribution in [2.45, 2.75) is 168 Å². The van der Waals surface area contributed by atoms with Crippen molar-refractivity contribution < 1.29 is 0 Å². The second kappa shape index (κ2) is 23.2. The van der Waals surface area contributed by atoms with Crippen LogP contribution in [0.15, 0.2) is 12.3 Å². The van der Waals surface area contributed by atoms with Crippen LogP contribution in [0, 0.1) is 0 Å². The van der Waals surface area contributed by atoms with Crippen molar-refractivity contribution >= 4 is 0 Å². The molecule has 0 spiro atoms. The molecule has 0 atom stereocenters. The summed E-state index contributed by atoms with van der Waals surface area (Å²) in [5.41, 5.74) is 1.24. The van der Waals surface area contributed by atoms with Crippen LogP contribution in [0.4, 0.5) is 0 Å². The van der Waals surface area contributed by atoms with Gasteiger partial charge in [0.05, 0.1) is 0 Å². The molecule has 0 aliphatic carbocycles. The van der Waals surface area contributed by atoms with Crippen LogP contribution >= 0.6 is 0 Å². The van der Waals surface area contributed by atoms with Crippen molar-refractivity contribution in [1.29, 1.82) is 0 Å². The lowest BCUT2D eigenvalue weighted by molar-refractivity contribution is 0.260. The highest BCUT2D eigenvalue weighted by Crippen LogP contribution is 2.20. The molecule has 0 bridgehead atoms. The topological polar surface area (TPSA) is 3.24 Å². The van der Waals surface area contributed by atoms with Gasteiger partial charge in [-0.1, -0.05) is 149 Å². The van der Waals surface area contributed by atoms with Gasteiger partial charge in [0, 0.05) is 18.8 Å². The summed E-state index contributed by atoms with van der Waals surface area (Å²) in [5.74, 6) is 0. The Balaban J connectivity index is 3.73. The first-order valence-electron chi connectivity index (χ1n) is 14.0. The zero-order chi connectivity index (χ0) is 22.3. The number of rotatable bonds is 24. The number of hydrogen-bond donors (Lipinski definition) is 0. The molecule has 0 heterocycles. The van der Waals surface area contributed by atoms with E-state index < -0.39 is 0 Å². The molecule has 0 rings (SSSR count). The van der Waals surface area contributed by atoms with Crippen LogP contribution in [0.3, 0.4) is 0 Å². The Morgan fingerprint density at radius 3 is 1.07 bits per heavy atom.